The van der Waals surface area contributed by atoms with Gasteiger partial charge >= 0.3 is 0 Å². The molecule has 5 nitrogen and oxygen atoms in total. The zero-order chi connectivity index (χ0) is 18.5. The fourth-order valence-corrected chi connectivity index (χ4v) is 2.58. The van der Waals surface area contributed by atoms with Crippen molar-refractivity contribution in [2.75, 3.05) is 14.1 Å². The summed E-state index contributed by atoms with van der Waals surface area (Å²) in [6, 6.07) is 16.5. The summed E-state index contributed by atoms with van der Waals surface area (Å²) in [6.45, 7) is 0.380. The molecule has 0 bridgehead atoms. The SMILES string of the molecule is CN(C)C(=N)NCc1cc(Cc2ccc(-c3ccccc3)c(F)c2)no1. The highest BCUT2D eigenvalue weighted by Crippen LogP contribution is 2.24. The van der Waals surface area contributed by atoms with Gasteiger partial charge in [0.25, 0.3) is 0 Å². The average molecular weight is 352 g/mol. The van der Waals surface area contributed by atoms with Crippen molar-refractivity contribution in [3.05, 3.63) is 77.4 Å². The van der Waals surface area contributed by atoms with Crippen molar-refractivity contribution in [3.63, 3.8) is 0 Å². The first-order valence-corrected chi connectivity index (χ1v) is 8.31. The number of aromatic nitrogens is 1. The van der Waals surface area contributed by atoms with E-state index in [0.29, 0.717) is 30.2 Å². The van der Waals surface area contributed by atoms with Crippen LogP contribution in [0, 0.1) is 11.2 Å². The van der Waals surface area contributed by atoms with Gasteiger partial charge in [-0.2, -0.15) is 0 Å². The topological polar surface area (TPSA) is 65.2 Å². The van der Waals surface area contributed by atoms with Crippen LogP contribution in [0.2, 0.25) is 0 Å². The summed E-state index contributed by atoms with van der Waals surface area (Å²) in [5.74, 6) is 0.674. The van der Waals surface area contributed by atoms with Gasteiger partial charge in [-0.25, -0.2) is 4.39 Å². The third-order valence-electron chi connectivity index (χ3n) is 3.99. The van der Waals surface area contributed by atoms with E-state index in [1.54, 1.807) is 25.1 Å². The highest BCUT2D eigenvalue weighted by atomic mass is 19.1. The van der Waals surface area contributed by atoms with Crippen molar-refractivity contribution in [1.29, 1.82) is 5.41 Å². The number of hydrogen-bond donors (Lipinski definition) is 2. The molecule has 0 aliphatic carbocycles. The number of benzene rings is 2. The van der Waals surface area contributed by atoms with Crippen molar-refractivity contribution in [1.82, 2.24) is 15.4 Å². The Balaban J connectivity index is 1.66. The van der Waals surface area contributed by atoms with E-state index >= 15 is 0 Å². The van der Waals surface area contributed by atoms with Crippen LogP contribution in [0.4, 0.5) is 4.39 Å². The van der Waals surface area contributed by atoms with Gasteiger partial charge in [0.05, 0.1) is 12.2 Å². The van der Waals surface area contributed by atoms with Crippen LogP contribution in [0.25, 0.3) is 11.1 Å². The minimum absolute atomic E-state index is 0.251. The summed E-state index contributed by atoms with van der Waals surface area (Å²) in [6.07, 6.45) is 0.487. The first kappa shape index (κ1) is 17.7. The lowest BCUT2D eigenvalue weighted by Crippen LogP contribution is -2.34. The highest BCUT2D eigenvalue weighted by Gasteiger charge is 2.10. The first-order valence-electron chi connectivity index (χ1n) is 8.31. The average Bonchev–Trinajstić information content (AvgIpc) is 3.08. The fourth-order valence-electron chi connectivity index (χ4n) is 2.58. The fraction of sp³-hybridized carbons (Fsp3) is 0.200. The molecule has 0 saturated carbocycles. The lowest BCUT2D eigenvalue weighted by atomic mass is 10.0. The van der Waals surface area contributed by atoms with Gasteiger partial charge in [0.15, 0.2) is 11.7 Å². The van der Waals surface area contributed by atoms with Gasteiger partial charge in [0, 0.05) is 32.1 Å². The molecule has 0 radical (unpaired) electrons. The molecule has 3 aromatic rings. The summed E-state index contributed by atoms with van der Waals surface area (Å²) >= 11 is 0. The van der Waals surface area contributed by atoms with Gasteiger partial charge in [0.1, 0.15) is 5.82 Å². The molecule has 6 heteroatoms. The molecule has 0 fully saturated rings. The molecule has 2 N–H and O–H groups in total. The predicted molar refractivity (Wildman–Crippen MR) is 99.4 cm³/mol. The Kier molecular flexibility index (Phi) is 5.31. The van der Waals surface area contributed by atoms with Crippen molar-refractivity contribution in [3.8, 4) is 11.1 Å². The second-order valence-electron chi connectivity index (χ2n) is 6.24. The smallest absolute Gasteiger partial charge is 0.190 e. The van der Waals surface area contributed by atoms with Crippen LogP contribution in [0.15, 0.2) is 59.1 Å². The van der Waals surface area contributed by atoms with E-state index in [0.717, 1.165) is 16.8 Å². The van der Waals surface area contributed by atoms with Crippen LogP contribution in [0.1, 0.15) is 17.0 Å². The number of guanidine groups is 1. The molecule has 2 aromatic carbocycles. The maximum absolute atomic E-state index is 14.4. The molecular weight excluding hydrogens is 331 g/mol. The number of rotatable bonds is 5. The van der Waals surface area contributed by atoms with Gasteiger partial charge in [-0.05, 0) is 17.2 Å². The van der Waals surface area contributed by atoms with Gasteiger partial charge in [-0.15, -0.1) is 0 Å². The summed E-state index contributed by atoms with van der Waals surface area (Å²) in [5, 5.41) is 14.7. The van der Waals surface area contributed by atoms with Crippen molar-refractivity contribution >= 4 is 5.96 Å². The van der Waals surface area contributed by atoms with Crippen LogP contribution in [0.3, 0.4) is 0 Å². The number of nitrogens with zero attached hydrogens (tertiary/aromatic N) is 2. The molecule has 0 saturated heterocycles. The molecule has 1 heterocycles. The minimum atomic E-state index is -0.251. The first-order chi connectivity index (χ1) is 12.5. The Morgan fingerprint density at radius 2 is 1.92 bits per heavy atom. The second kappa shape index (κ2) is 7.82. The zero-order valence-corrected chi connectivity index (χ0v) is 14.8. The van der Waals surface area contributed by atoms with E-state index in [-0.39, 0.29) is 5.82 Å². The van der Waals surface area contributed by atoms with E-state index < -0.39 is 0 Å². The maximum atomic E-state index is 14.4. The maximum Gasteiger partial charge on any atom is 0.190 e. The molecule has 0 aliphatic rings. The minimum Gasteiger partial charge on any atom is -0.359 e. The van der Waals surface area contributed by atoms with Gasteiger partial charge in [-0.3, -0.25) is 5.41 Å². The summed E-state index contributed by atoms with van der Waals surface area (Å²) in [7, 11) is 3.57. The molecule has 0 aliphatic heterocycles. The Morgan fingerprint density at radius 1 is 1.15 bits per heavy atom. The summed E-state index contributed by atoms with van der Waals surface area (Å²) in [4.78, 5) is 1.66. The normalized spacial score (nSPS) is 10.6. The van der Waals surface area contributed by atoms with Gasteiger partial charge < -0.3 is 14.7 Å². The summed E-state index contributed by atoms with van der Waals surface area (Å²) < 4.78 is 19.7. The molecule has 1 aromatic heterocycles. The Morgan fingerprint density at radius 3 is 2.62 bits per heavy atom. The summed E-state index contributed by atoms with van der Waals surface area (Å²) in [5.41, 5.74) is 3.00. The second-order valence-corrected chi connectivity index (χ2v) is 6.24. The largest absolute Gasteiger partial charge is 0.359 e. The molecule has 3 rings (SSSR count). The lowest BCUT2D eigenvalue weighted by Gasteiger charge is -2.13. The quantitative estimate of drug-likeness (QED) is 0.543. The molecule has 26 heavy (non-hydrogen) atoms. The van der Waals surface area contributed by atoms with Crippen molar-refractivity contribution < 1.29 is 8.91 Å². The van der Waals surface area contributed by atoms with E-state index in [2.05, 4.69) is 10.5 Å². The van der Waals surface area contributed by atoms with Crippen LogP contribution in [0.5, 0.6) is 0 Å². The lowest BCUT2D eigenvalue weighted by molar-refractivity contribution is 0.373. The Hall–Kier alpha value is -3.15. The van der Waals surface area contributed by atoms with E-state index in [4.69, 9.17) is 9.93 Å². The molecule has 0 spiro atoms. The third-order valence-corrected chi connectivity index (χ3v) is 3.99. The van der Waals surface area contributed by atoms with Crippen molar-refractivity contribution in [2.24, 2.45) is 0 Å². The Labute approximate surface area is 151 Å². The van der Waals surface area contributed by atoms with Crippen molar-refractivity contribution in [2.45, 2.75) is 13.0 Å². The number of halogens is 1. The molecule has 0 unspecified atom stereocenters. The van der Waals surface area contributed by atoms with Crippen LogP contribution >= 0.6 is 0 Å². The van der Waals surface area contributed by atoms with E-state index in [9.17, 15) is 4.39 Å². The van der Waals surface area contributed by atoms with E-state index in [1.807, 2.05) is 42.5 Å². The zero-order valence-electron chi connectivity index (χ0n) is 14.8. The molecular formula is C20H21FN4O. The monoisotopic (exact) mass is 352 g/mol. The molecule has 134 valence electrons. The van der Waals surface area contributed by atoms with Gasteiger partial charge in [0.2, 0.25) is 0 Å². The Bertz CT molecular complexity index is 890. The molecule has 0 amide bonds. The van der Waals surface area contributed by atoms with Crippen LogP contribution in [-0.2, 0) is 13.0 Å². The highest BCUT2D eigenvalue weighted by molar-refractivity contribution is 5.75. The van der Waals surface area contributed by atoms with Crippen LogP contribution in [-0.4, -0.2) is 30.1 Å². The standard InChI is InChI=1S/C20H21FN4O/c1-25(2)20(22)23-13-17-12-16(24-26-17)10-14-8-9-18(19(21)11-14)15-6-4-3-5-7-15/h3-9,11-12H,10,13H2,1-2H3,(H2,22,23). The van der Waals surface area contributed by atoms with Gasteiger partial charge in [-0.1, -0.05) is 47.6 Å². The molecule has 0 atom stereocenters. The third kappa shape index (κ3) is 4.27. The van der Waals surface area contributed by atoms with Crippen LogP contribution < -0.4 is 5.32 Å². The number of nitrogens with one attached hydrogen (secondary N) is 2. The van der Waals surface area contributed by atoms with E-state index in [1.165, 1.54) is 6.07 Å². The number of hydrogen-bond acceptors (Lipinski definition) is 3. The predicted octanol–water partition coefficient (Wildman–Crippen LogP) is 3.66.